The van der Waals surface area contributed by atoms with Gasteiger partial charge in [-0.15, -0.1) is 0 Å². The standard InChI is InChI=1S/C16H14N/c1-12-7-6-8-14-11-13(2)17(16(12)14)15-9-4-3-5-10-15/h3-10H,1-2H3. The van der Waals surface area contributed by atoms with Crippen LogP contribution >= 0.6 is 0 Å². The summed E-state index contributed by atoms with van der Waals surface area (Å²) in [5.41, 5.74) is 4.90. The maximum absolute atomic E-state index is 3.43. The Morgan fingerprint density at radius 1 is 0.882 bits per heavy atom. The third kappa shape index (κ3) is 1.55. The van der Waals surface area contributed by atoms with E-state index in [1.807, 2.05) is 6.07 Å². The minimum absolute atomic E-state index is 1.15. The van der Waals surface area contributed by atoms with Gasteiger partial charge in [0.2, 0.25) is 0 Å². The molecule has 0 amide bonds. The first-order valence-corrected chi connectivity index (χ1v) is 5.83. The Hall–Kier alpha value is -2.02. The largest absolute Gasteiger partial charge is 0.313 e. The fourth-order valence-corrected chi connectivity index (χ4v) is 2.37. The average Bonchev–Trinajstić information content (AvgIpc) is 2.68. The molecule has 0 spiro atoms. The van der Waals surface area contributed by atoms with Gasteiger partial charge in [-0.25, -0.2) is 0 Å². The van der Waals surface area contributed by atoms with E-state index >= 15 is 0 Å². The van der Waals surface area contributed by atoms with Crippen LogP contribution < -0.4 is 0 Å². The number of hydrogen-bond acceptors (Lipinski definition) is 0. The van der Waals surface area contributed by atoms with Crippen molar-refractivity contribution in [1.29, 1.82) is 0 Å². The van der Waals surface area contributed by atoms with E-state index in [-0.39, 0.29) is 0 Å². The molecule has 0 aliphatic rings. The average molecular weight is 220 g/mol. The van der Waals surface area contributed by atoms with Crippen LogP contribution in [0.25, 0.3) is 16.6 Å². The van der Waals surface area contributed by atoms with Crippen LogP contribution in [0.5, 0.6) is 0 Å². The van der Waals surface area contributed by atoms with Crippen molar-refractivity contribution in [1.82, 2.24) is 4.57 Å². The minimum atomic E-state index is 1.15. The van der Waals surface area contributed by atoms with Crippen LogP contribution in [-0.2, 0) is 0 Å². The van der Waals surface area contributed by atoms with Crippen LogP contribution in [0.15, 0.2) is 48.5 Å². The van der Waals surface area contributed by atoms with Crippen molar-refractivity contribution >= 4 is 10.9 Å². The third-order valence-corrected chi connectivity index (χ3v) is 3.13. The topological polar surface area (TPSA) is 4.93 Å². The van der Waals surface area contributed by atoms with Crippen molar-refractivity contribution in [3.63, 3.8) is 0 Å². The van der Waals surface area contributed by atoms with Gasteiger partial charge >= 0.3 is 0 Å². The highest BCUT2D eigenvalue weighted by Gasteiger charge is 2.09. The van der Waals surface area contributed by atoms with Crippen LogP contribution in [-0.4, -0.2) is 4.57 Å². The molecule has 0 N–H and O–H groups in total. The van der Waals surface area contributed by atoms with Crippen molar-refractivity contribution in [2.24, 2.45) is 0 Å². The smallest absolute Gasteiger partial charge is 0.0566 e. The molecule has 0 saturated carbocycles. The second-order valence-electron chi connectivity index (χ2n) is 4.35. The molecule has 1 nitrogen and oxygen atoms in total. The number of fused-ring (bicyclic) bond motifs is 1. The number of aryl methyl sites for hydroxylation is 2. The summed E-state index contributed by atoms with van der Waals surface area (Å²) >= 11 is 0. The molecule has 0 aliphatic carbocycles. The van der Waals surface area contributed by atoms with Gasteiger partial charge in [0, 0.05) is 22.8 Å². The summed E-state index contributed by atoms with van der Waals surface area (Å²) in [7, 11) is 0. The van der Waals surface area contributed by atoms with Crippen molar-refractivity contribution in [3.05, 3.63) is 65.9 Å². The number of aromatic nitrogens is 1. The maximum Gasteiger partial charge on any atom is 0.0566 e. The van der Waals surface area contributed by atoms with Crippen LogP contribution in [0, 0.1) is 19.9 Å². The second-order valence-corrected chi connectivity index (χ2v) is 4.35. The molecule has 17 heavy (non-hydrogen) atoms. The van der Waals surface area contributed by atoms with Gasteiger partial charge in [0.05, 0.1) is 5.52 Å². The van der Waals surface area contributed by atoms with E-state index in [0.29, 0.717) is 0 Å². The van der Waals surface area contributed by atoms with E-state index in [1.54, 1.807) is 0 Å². The fourth-order valence-electron chi connectivity index (χ4n) is 2.37. The summed E-state index contributed by atoms with van der Waals surface area (Å²) in [4.78, 5) is 0. The minimum Gasteiger partial charge on any atom is -0.313 e. The lowest BCUT2D eigenvalue weighted by Gasteiger charge is -2.09. The van der Waals surface area contributed by atoms with Crippen LogP contribution in [0.2, 0.25) is 0 Å². The number of hydrogen-bond donors (Lipinski definition) is 0. The molecule has 2 aromatic carbocycles. The molecule has 0 bridgehead atoms. The summed E-state index contributed by atoms with van der Waals surface area (Å²) in [6.45, 7) is 4.25. The quantitative estimate of drug-likeness (QED) is 0.583. The van der Waals surface area contributed by atoms with Gasteiger partial charge in [-0.05, 0) is 31.5 Å². The van der Waals surface area contributed by atoms with E-state index in [0.717, 1.165) is 5.69 Å². The van der Waals surface area contributed by atoms with Gasteiger partial charge in [-0.3, -0.25) is 0 Å². The molecule has 1 aromatic heterocycles. The van der Waals surface area contributed by atoms with E-state index in [9.17, 15) is 0 Å². The number of rotatable bonds is 1. The molecule has 3 aromatic rings. The Morgan fingerprint density at radius 3 is 2.41 bits per heavy atom. The molecule has 3 rings (SSSR count). The lowest BCUT2D eigenvalue weighted by atomic mass is 10.1. The van der Waals surface area contributed by atoms with Crippen LogP contribution in [0.4, 0.5) is 0 Å². The van der Waals surface area contributed by atoms with E-state index in [2.05, 4.69) is 66.9 Å². The third-order valence-electron chi connectivity index (χ3n) is 3.13. The molecule has 1 radical (unpaired) electrons. The Bertz CT molecular complexity index is 663. The zero-order valence-corrected chi connectivity index (χ0v) is 10.1. The molecule has 0 aliphatic heterocycles. The summed E-state index contributed by atoms with van der Waals surface area (Å²) in [5.74, 6) is 0. The second kappa shape index (κ2) is 3.77. The Labute approximate surface area is 101 Å². The highest BCUT2D eigenvalue weighted by atomic mass is 15.0. The first-order valence-electron chi connectivity index (χ1n) is 5.83. The first kappa shape index (κ1) is 10.2. The molecule has 0 unspecified atom stereocenters. The van der Waals surface area contributed by atoms with Crippen LogP contribution in [0.3, 0.4) is 0 Å². The summed E-state index contributed by atoms with van der Waals surface area (Å²) in [6.07, 6.45) is 0. The number of benzene rings is 2. The van der Waals surface area contributed by atoms with Gasteiger partial charge in [0.25, 0.3) is 0 Å². The van der Waals surface area contributed by atoms with Gasteiger partial charge in [-0.2, -0.15) is 0 Å². The van der Waals surface area contributed by atoms with Gasteiger partial charge in [-0.1, -0.05) is 36.4 Å². The summed E-state index contributed by atoms with van der Waals surface area (Å²) in [5, 5.41) is 1.19. The SMILES string of the molecule is Cc1cccc2[c]c(C)n(-c3ccccc3)c12. The predicted octanol–water partition coefficient (Wildman–Crippen LogP) is 4.05. The molecular formula is C16H14N. The number of nitrogens with zero attached hydrogens (tertiary/aromatic N) is 1. The predicted molar refractivity (Wildman–Crippen MR) is 71.6 cm³/mol. The molecule has 83 valence electrons. The maximum atomic E-state index is 3.43. The van der Waals surface area contributed by atoms with Crippen molar-refractivity contribution in [3.8, 4) is 5.69 Å². The highest BCUT2D eigenvalue weighted by Crippen LogP contribution is 2.25. The van der Waals surface area contributed by atoms with Crippen molar-refractivity contribution < 1.29 is 0 Å². The van der Waals surface area contributed by atoms with Crippen LogP contribution in [0.1, 0.15) is 11.3 Å². The van der Waals surface area contributed by atoms with E-state index in [4.69, 9.17) is 0 Å². The first-order chi connectivity index (χ1) is 8.27. The van der Waals surface area contributed by atoms with Gasteiger partial charge in [0.15, 0.2) is 0 Å². The highest BCUT2D eigenvalue weighted by molar-refractivity contribution is 5.85. The molecule has 0 saturated heterocycles. The Balaban J connectivity index is 2.40. The van der Waals surface area contributed by atoms with E-state index < -0.39 is 0 Å². The number of para-hydroxylation sites is 2. The molecular weight excluding hydrogens is 206 g/mol. The van der Waals surface area contributed by atoms with E-state index in [1.165, 1.54) is 22.2 Å². The Kier molecular flexibility index (Phi) is 2.25. The fraction of sp³-hybridized carbons (Fsp3) is 0.125. The summed E-state index contributed by atoms with van der Waals surface area (Å²) in [6, 6.07) is 20.2. The normalized spacial score (nSPS) is 10.9. The van der Waals surface area contributed by atoms with Gasteiger partial charge < -0.3 is 4.57 Å². The van der Waals surface area contributed by atoms with Crippen molar-refractivity contribution in [2.75, 3.05) is 0 Å². The molecule has 0 fully saturated rings. The Morgan fingerprint density at radius 2 is 1.65 bits per heavy atom. The lowest BCUT2D eigenvalue weighted by Crippen LogP contribution is -1.96. The molecule has 0 atom stereocenters. The van der Waals surface area contributed by atoms with Crippen molar-refractivity contribution in [2.45, 2.75) is 13.8 Å². The molecule has 1 heterocycles. The zero-order chi connectivity index (χ0) is 11.8. The summed E-state index contributed by atoms with van der Waals surface area (Å²) < 4.78 is 2.27. The zero-order valence-electron chi connectivity index (χ0n) is 10.1. The lowest BCUT2D eigenvalue weighted by molar-refractivity contribution is 1.05. The molecule has 1 heteroatoms. The monoisotopic (exact) mass is 220 g/mol. The van der Waals surface area contributed by atoms with Gasteiger partial charge in [0.1, 0.15) is 0 Å².